The van der Waals surface area contributed by atoms with Crippen molar-refractivity contribution < 1.29 is 14.0 Å². The van der Waals surface area contributed by atoms with Crippen molar-refractivity contribution in [3.05, 3.63) is 60.2 Å². The average molecular weight is 342 g/mol. The van der Waals surface area contributed by atoms with Crippen LogP contribution in [0.15, 0.2) is 48.8 Å². The first kappa shape index (κ1) is 16.9. The quantitative estimate of drug-likeness (QED) is 0.900. The van der Waals surface area contributed by atoms with E-state index in [0.29, 0.717) is 37.2 Å². The summed E-state index contributed by atoms with van der Waals surface area (Å²) < 4.78 is 13.2. The molecule has 1 fully saturated rings. The molecule has 3 rings (SSSR count). The van der Waals surface area contributed by atoms with Crippen molar-refractivity contribution >= 4 is 17.6 Å². The van der Waals surface area contributed by atoms with Gasteiger partial charge in [-0.05, 0) is 43.2 Å². The Kier molecular flexibility index (Phi) is 5.23. The van der Waals surface area contributed by atoms with Gasteiger partial charge < -0.3 is 15.5 Å². The van der Waals surface area contributed by atoms with Gasteiger partial charge in [0.05, 0.1) is 5.56 Å². The number of amides is 3. The number of likely N-dealkylation sites (tertiary alicyclic amines) is 1. The molecule has 7 heteroatoms. The van der Waals surface area contributed by atoms with E-state index in [1.54, 1.807) is 35.4 Å². The fraction of sp³-hybridized carbons (Fsp3) is 0.278. The minimum absolute atomic E-state index is 0.0194. The summed E-state index contributed by atoms with van der Waals surface area (Å²) in [4.78, 5) is 29.9. The molecule has 1 aromatic carbocycles. The lowest BCUT2D eigenvalue weighted by Gasteiger charge is -2.32. The van der Waals surface area contributed by atoms with E-state index >= 15 is 0 Å². The molecule has 130 valence electrons. The van der Waals surface area contributed by atoms with Crippen LogP contribution >= 0.6 is 0 Å². The van der Waals surface area contributed by atoms with Crippen molar-refractivity contribution in [3.63, 3.8) is 0 Å². The highest BCUT2D eigenvalue weighted by molar-refractivity contribution is 5.94. The third-order valence-corrected chi connectivity index (χ3v) is 4.12. The Morgan fingerprint density at radius 2 is 1.96 bits per heavy atom. The van der Waals surface area contributed by atoms with Gasteiger partial charge in [-0.3, -0.25) is 9.78 Å². The zero-order valence-electron chi connectivity index (χ0n) is 13.6. The summed E-state index contributed by atoms with van der Waals surface area (Å²) in [6.45, 7) is 1.05. The molecule has 0 atom stereocenters. The Hall–Kier alpha value is -2.96. The van der Waals surface area contributed by atoms with E-state index in [1.807, 2.05) is 0 Å². The van der Waals surface area contributed by atoms with E-state index in [1.165, 1.54) is 18.3 Å². The SMILES string of the molecule is O=C(NC1CCN(C(=O)Nc2cccc(F)c2)CC1)c1cccnc1. The van der Waals surface area contributed by atoms with Crippen molar-refractivity contribution in [2.24, 2.45) is 0 Å². The second-order valence-electron chi connectivity index (χ2n) is 5.92. The van der Waals surface area contributed by atoms with Crippen LogP contribution in [0, 0.1) is 5.82 Å². The first-order chi connectivity index (χ1) is 12.1. The Morgan fingerprint density at radius 1 is 1.16 bits per heavy atom. The fourth-order valence-corrected chi connectivity index (χ4v) is 2.76. The van der Waals surface area contributed by atoms with Gasteiger partial charge in [-0.15, -0.1) is 0 Å². The molecule has 0 radical (unpaired) electrons. The second-order valence-corrected chi connectivity index (χ2v) is 5.92. The number of carbonyl (C=O) groups is 2. The number of carbonyl (C=O) groups excluding carboxylic acids is 2. The Bertz CT molecular complexity index is 746. The number of hydrogen-bond acceptors (Lipinski definition) is 3. The summed E-state index contributed by atoms with van der Waals surface area (Å²) in [6.07, 6.45) is 4.48. The predicted octanol–water partition coefficient (Wildman–Crippen LogP) is 2.65. The summed E-state index contributed by atoms with van der Waals surface area (Å²) in [6, 6.07) is 8.98. The molecule has 0 spiro atoms. The Labute approximate surface area is 145 Å². The number of benzene rings is 1. The van der Waals surface area contributed by atoms with E-state index in [-0.39, 0.29) is 18.0 Å². The van der Waals surface area contributed by atoms with Crippen LogP contribution in [0.1, 0.15) is 23.2 Å². The van der Waals surface area contributed by atoms with Crippen molar-refractivity contribution in [1.29, 1.82) is 0 Å². The molecule has 2 N–H and O–H groups in total. The number of urea groups is 1. The van der Waals surface area contributed by atoms with Crippen LogP contribution in [0.4, 0.5) is 14.9 Å². The molecule has 1 aromatic heterocycles. The van der Waals surface area contributed by atoms with Gasteiger partial charge >= 0.3 is 6.03 Å². The number of aromatic nitrogens is 1. The molecule has 0 bridgehead atoms. The molecular formula is C18H19FN4O2. The number of nitrogens with zero attached hydrogens (tertiary/aromatic N) is 2. The van der Waals surface area contributed by atoms with E-state index in [4.69, 9.17) is 0 Å². The summed E-state index contributed by atoms with van der Waals surface area (Å²) in [7, 11) is 0. The molecular weight excluding hydrogens is 323 g/mol. The summed E-state index contributed by atoms with van der Waals surface area (Å²) in [5, 5.41) is 5.65. The highest BCUT2D eigenvalue weighted by atomic mass is 19.1. The number of hydrogen-bond donors (Lipinski definition) is 2. The molecule has 1 saturated heterocycles. The Balaban J connectivity index is 1.48. The topological polar surface area (TPSA) is 74.3 Å². The lowest BCUT2D eigenvalue weighted by Crippen LogP contribution is -2.47. The highest BCUT2D eigenvalue weighted by Gasteiger charge is 2.24. The van der Waals surface area contributed by atoms with E-state index < -0.39 is 5.82 Å². The van der Waals surface area contributed by atoms with Gasteiger partial charge in [-0.1, -0.05) is 6.07 Å². The molecule has 2 heterocycles. The van der Waals surface area contributed by atoms with E-state index in [0.717, 1.165) is 0 Å². The van der Waals surface area contributed by atoms with Gasteiger partial charge in [0, 0.05) is 37.2 Å². The normalized spacial score (nSPS) is 14.8. The predicted molar refractivity (Wildman–Crippen MR) is 91.7 cm³/mol. The summed E-state index contributed by atoms with van der Waals surface area (Å²) in [5.74, 6) is -0.551. The van der Waals surface area contributed by atoms with Gasteiger partial charge in [0.2, 0.25) is 0 Å². The largest absolute Gasteiger partial charge is 0.349 e. The molecule has 0 unspecified atom stereocenters. The van der Waals surface area contributed by atoms with Crippen molar-refractivity contribution in [2.45, 2.75) is 18.9 Å². The van der Waals surface area contributed by atoms with E-state index in [2.05, 4.69) is 15.6 Å². The smallest absolute Gasteiger partial charge is 0.321 e. The molecule has 3 amide bonds. The number of piperidine rings is 1. The van der Waals surface area contributed by atoms with Gasteiger partial charge in [0.25, 0.3) is 5.91 Å². The molecule has 2 aromatic rings. The zero-order chi connectivity index (χ0) is 17.6. The molecule has 0 aliphatic carbocycles. The van der Waals surface area contributed by atoms with Crippen LogP contribution in [0.5, 0.6) is 0 Å². The maximum absolute atomic E-state index is 13.2. The fourth-order valence-electron chi connectivity index (χ4n) is 2.76. The van der Waals surface area contributed by atoms with Gasteiger partial charge in [-0.2, -0.15) is 0 Å². The molecule has 0 saturated carbocycles. The van der Waals surface area contributed by atoms with Crippen LogP contribution < -0.4 is 10.6 Å². The van der Waals surface area contributed by atoms with E-state index in [9.17, 15) is 14.0 Å². The third kappa shape index (κ3) is 4.53. The highest BCUT2D eigenvalue weighted by Crippen LogP contribution is 2.14. The second kappa shape index (κ2) is 7.74. The zero-order valence-corrected chi connectivity index (χ0v) is 13.6. The Morgan fingerprint density at radius 3 is 2.64 bits per heavy atom. The maximum atomic E-state index is 13.2. The minimum atomic E-state index is -0.394. The standard InChI is InChI=1S/C18H19FN4O2/c19-14-4-1-5-16(11-14)22-18(25)23-9-6-15(7-10-23)21-17(24)13-3-2-8-20-12-13/h1-5,8,11-12,15H,6-7,9-10H2,(H,21,24)(H,22,25). The minimum Gasteiger partial charge on any atom is -0.349 e. The summed E-state index contributed by atoms with van der Waals surface area (Å²) in [5.41, 5.74) is 0.950. The van der Waals surface area contributed by atoms with Crippen molar-refractivity contribution in [3.8, 4) is 0 Å². The van der Waals surface area contributed by atoms with Crippen LogP contribution in [0.25, 0.3) is 0 Å². The number of rotatable bonds is 3. The third-order valence-electron chi connectivity index (χ3n) is 4.12. The van der Waals surface area contributed by atoms with Crippen molar-refractivity contribution in [1.82, 2.24) is 15.2 Å². The van der Waals surface area contributed by atoms with Crippen molar-refractivity contribution in [2.75, 3.05) is 18.4 Å². The molecule has 25 heavy (non-hydrogen) atoms. The summed E-state index contributed by atoms with van der Waals surface area (Å²) >= 11 is 0. The van der Waals surface area contributed by atoms with Gasteiger partial charge in [0.15, 0.2) is 0 Å². The number of halogens is 1. The lowest BCUT2D eigenvalue weighted by molar-refractivity contribution is 0.0919. The molecule has 1 aliphatic heterocycles. The lowest BCUT2D eigenvalue weighted by atomic mass is 10.0. The van der Waals surface area contributed by atoms with Gasteiger partial charge in [0.1, 0.15) is 5.82 Å². The first-order valence-electron chi connectivity index (χ1n) is 8.14. The van der Waals surface area contributed by atoms with Crippen LogP contribution in [-0.4, -0.2) is 41.0 Å². The van der Waals surface area contributed by atoms with Gasteiger partial charge in [-0.25, -0.2) is 9.18 Å². The number of nitrogens with one attached hydrogen (secondary N) is 2. The molecule has 1 aliphatic rings. The van der Waals surface area contributed by atoms with Crippen LogP contribution in [-0.2, 0) is 0 Å². The average Bonchev–Trinajstić information content (AvgIpc) is 2.63. The monoisotopic (exact) mass is 342 g/mol. The number of pyridine rings is 1. The first-order valence-corrected chi connectivity index (χ1v) is 8.14. The van der Waals surface area contributed by atoms with Crippen LogP contribution in [0.2, 0.25) is 0 Å². The van der Waals surface area contributed by atoms with Crippen LogP contribution in [0.3, 0.4) is 0 Å². The number of anilines is 1. The maximum Gasteiger partial charge on any atom is 0.321 e. The molecule has 6 nitrogen and oxygen atoms in total.